The van der Waals surface area contributed by atoms with Gasteiger partial charge in [-0.25, -0.2) is 9.59 Å². The first kappa shape index (κ1) is 15.5. The van der Waals surface area contributed by atoms with E-state index in [2.05, 4.69) is 42.5 Å². The highest BCUT2D eigenvalue weighted by Crippen LogP contribution is 2.24. The van der Waals surface area contributed by atoms with Crippen molar-refractivity contribution in [1.29, 1.82) is 0 Å². The Labute approximate surface area is 137 Å². The number of rotatable bonds is 3. The van der Waals surface area contributed by atoms with Crippen molar-refractivity contribution >= 4 is 55.2 Å². The summed E-state index contributed by atoms with van der Waals surface area (Å²) < 4.78 is 1.50. The Morgan fingerprint density at radius 1 is 0.952 bits per heavy atom. The number of urea groups is 1. The molecule has 2 aromatic rings. The lowest BCUT2D eigenvalue weighted by atomic mass is 10.2. The molecule has 5 nitrogen and oxygen atoms in total. The quantitative estimate of drug-likeness (QED) is 0.690. The van der Waals surface area contributed by atoms with Crippen LogP contribution in [0.4, 0.5) is 16.2 Å². The highest BCUT2D eigenvalue weighted by molar-refractivity contribution is 9.10. The number of amides is 2. The predicted octanol–water partition coefficient (Wildman–Crippen LogP) is 4.55. The zero-order valence-corrected chi connectivity index (χ0v) is 13.7. The molecule has 0 unspecified atom stereocenters. The second-order valence-electron chi connectivity index (χ2n) is 4.09. The van der Waals surface area contributed by atoms with Gasteiger partial charge >= 0.3 is 12.0 Å². The summed E-state index contributed by atoms with van der Waals surface area (Å²) in [6, 6.07) is 11.0. The topological polar surface area (TPSA) is 78.4 Å². The Balaban J connectivity index is 2.10. The van der Waals surface area contributed by atoms with Gasteiger partial charge in [-0.3, -0.25) is 0 Å². The smallest absolute Gasteiger partial charge is 0.335 e. The SMILES string of the molecule is O=C(Nc1ccc(Br)cc1)Nc1cc(C(=O)O)ccc1Br. The first-order chi connectivity index (χ1) is 9.95. The number of nitrogens with one attached hydrogen (secondary N) is 2. The van der Waals surface area contributed by atoms with Crippen molar-refractivity contribution in [2.45, 2.75) is 0 Å². The molecule has 0 heterocycles. The number of hydrogen-bond acceptors (Lipinski definition) is 2. The maximum Gasteiger partial charge on any atom is 0.335 e. The van der Waals surface area contributed by atoms with E-state index in [1.54, 1.807) is 30.3 Å². The first-order valence-corrected chi connectivity index (χ1v) is 7.41. The molecule has 108 valence electrons. The lowest BCUT2D eigenvalue weighted by Crippen LogP contribution is -2.19. The average Bonchev–Trinajstić information content (AvgIpc) is 2.43. The van der Waals surface area contributed by atoms with Crippen LogP contribution >= 0.6 is 31.9 Å². The Morgan fingerprint density at radius 2 is 1.62 bits per heavy atom. The summed E-state index contributed by atoms with van der Waals surface area (Å²) in [6.07, 6.45) is 0. The zero-order chi connectivity index (χ0) is 15.4. The van der Waals surface area contributed by atoms with Gasteiger partial charge < -0.3 is 15.7 Å². The molecule has 0 saturated heterocycles. The number of carbonyl (C=O) groups is 2. The molecule has 0 fully saturated rings. The van der Waals surface area contributed by atoms with Crippen molar-refractivity contribution in [3.63, 3.8) is 0 Å². The fourth-order valence-electron chi connectivity index (χ4n) is 1.57. The van der Waals surface area contributed by atoms with E-state index in [4.69, 9.17) is 5.11 Å². The highest BCUT2D eigenvalue weighted by Gasteiger charge is 2.10. The van der Waals surface area contributed by atoms with Crippen molar-refractivity contribution in [2.75, 3.05) is 10.6 Å². The summed E-state index contributed by atoms with van der Waals surface area (Å²) in [5.74, 6) is -1.06. The van der Waals surface area contributed by atoms with Gasteiger partial charge in [-0.15, -0.1) is 0 Å². The number of halogens is 2. The Bertz CT molecular complexity index is 687. The van der Waals surface area contributed by atoms with E-state index in [0.29, 0.717) is 15.8 Å². The third-order valence-corrected chi connectivity index (χ3v) is 3.78. The third-order valence-electron chi connectivity index (χ3n) is 2.56. The monoisotopic (exact) mass is 412 g/mol. The second kappa shape index (κ2) is 6.73. The molecule has 3 N–H and O–H groups in total. The van der Waals surface area contributed by atoms with Crippen LogP contribution in [0.5, 0.6) is 0 Å². The minimum Gasteiger partial charge on any atom is -0.478 e. The molecule has 0 bridgehead atoms. The molecule has 21 heavy (non-hydrogen) atoms. The molecule has 2 aromatic carbocycles. The Hall–Kier alpha value is -1.86. The van der Waals surface area contributed by atoms with Crippen LogP contribution < -0.4 is 10.6 Å². The molecule has 0 radical (unpaired) electrons. The summed E-state index contributed by atoms with van der Waals surface area (Å²) >= 11 is 6.57. The Kier molecular flexibility index (Phi) is 4.98. The van der Waals surface area contributed by atoms with Crippen LogP contribution in [0.25, 0.3) is 0 Å². The molecule has 0 aliphatic carbocycles. The van der Waals surface area contributed by atoms with Crippen LogP contribution in [-0.4, -0.2) is 17.1 Å². The van der Waals surface area contributed by atoms with E-state index in [1.807, 2.05) is 0 Å². The molecule has 0 atom stereocenters. The van der Waals surface area contributed by atoms with Gasteiger partial charge in [-0.05, 0) is 58.4 Å². The molecule has 2 amide bonds. The van der Waals surface area contributed by atoms with Gasteiger partial charge in [0.05, 0.1) is 11.3 Å². The fourth-order valence-corrected chi connectivity index (χ4v) is 2.18. The van der Waals surface area contributed by atoms with Gasteiger partial charge in [-0.1, -0.05) is 15.9 Å². The number of anilines is 2. The number of benzene rings is 2. The van der Waals surface area contributed by atoms with Crippen LogP contribution in [0.15, 0.2) is 51.4 Å². The van der Waals surface area contributed by atoms with E-state index in [1.165, 1.54) is 12.1 Å². The first-order valence-electron chi connectivity index (χ1n) is 5.82. The van der Waals surface area contributed by atoms with E-state index in [0.717, 1.165) is 4.47 Å². The van der Waals surface area contributed by atoms with Crippen molar-refractivity contribution in [2.24, 2.45) is 0 Å². The van der Waals surface area contributed by atoms with Crippen molar-refractivity contribution in [3.05, 3.63) is 57.0 Å². The maximum absolute atomic E-state index is 11.9. The van der Waals surface area contributed by atoms with Crippen molar-refractivity contribution in [1.82, 2.24) is 0 Å². The fraction of sp³-hybridized carbons (Fsp3) is 0. The average molecular weight is 414 g/mol. The van der Waals surface area contributed by atoms with Crippen LogP contribution in [0, 0.1) is 0 Å². The maximum atomic E-state index is 11.9. The molecule has 0 aliphatic heterocycles. The van der Waals surface area contributed by atoms with Crippen LogP contribution in [0.3, 0.4) is 0 Å². The summed E-state index contributed by atoms with van der Waals surface area (Å²) in [6.45, 7) is 0. The lowest BCUT2D eigenvalue weighted by Gasteiger charge is -2.10. The summed E-state index contributed by atoms with van der Waals surface area (Å²) in [5.41, 5.74) is 1.10. The van der Waals surface area contributed by atoms with Gasteiger partial charge in [0.25, 0.3) is 0 Å². The minimum absolute atomic E-state index is 0.0946. The zero-order valence-electron chi connectivity index (χ0n) is 10.6. The lowest BCUT2D eigenvalue weighted by molar-refractivity contribution is 0.0697. The largest absolute Gasteiger partial charge is 0.478 e. The molecule has 7 heteroatoms. The summed E-state index contributed by atoms with van der Waals surface area (Å²) in [4.78, 5) is 22.8. The van der Waals surface area contributed by atoms with Gasteiger partial charge in [0.15, 0.2) is 0 Å². The van der Waals surface area contributed by atoms with E-state index in [9.17, 15) is 9.59 Å². The summed E-state index contributed by atoms with van der Waals surface area (Å²) in [5, 5.41) is 14.2. The molecule has 0 saturated carbocycles. The van der Waals surface area contributed by atoms with E-state index < -0.39 is 12.0 Å². The van der Waals surface area contributed by atoms with Crippen LogP contribution in [0.1, 0.15) is 10.4 Å². The second-order valence-corrected chi connectivity index (χ2v) is 5.86. The molecule has 0 spiro atoms. The number of carboxylic acid groups (broad SMARTS) is 1. The van der Waals surface area contributed by atoms with Gasteiger partial charge in [-0.2, -0.15) is 0 Å². The number of hydrogen-bond donors (Lipinski definition) is 3. The van der Waals surface area contributed by atoms with Crippen LogP contribution in [0.2, 0.25) is 0 Å². The number of carbonyl (C=O) groups excluding carboxylic acids is 1. The van der Waals surface area contributed by atoms with E-state index in [-0.39, 0.29) is 5.56 Å². The molecule has 0 aliphatic rings. The third kappa shape index (κ3) is 4.30. The number of aromatic carboxylic acids is 1. The minimum atomic E-state index is -1.06. The standard InChI is InChI=1S/C14H10Br2N2O3/c15-9-2-4-10(5-3-9)17-14(21)18-12-7-8(13(19)20)1-6-11(12)16/h1-7H,(H,19,20)(H2,17,18,21). The molecule has 0 aromatic heterocycles. The van der Waals surface area contributed by atoms with Gasteiger partial charge in [0.2, 0.25) is 0 Å². The van der Waals surface area contributed by atoms with Crippen molar-refractivity contribution < 1.29 is 14.7 Å². The highest BCUT2D eigenvalue weighted by atomic mass is 79.9. The van der Waals surface area contributed by atoms with Gasteiger partial charge in [0.1, 0.15) is 0 Å². The molecule has 2 rings (SSSR count). The van der Waals surface area contributed by atoms with Gasteiger partial charge in [0, 0.05) is 14.6 Å². The van der Waals surface area contributed by atoms with Crippen LogP contribution in [-0.2, 0) is 0 Å². The normalized spacial score (nSPS) is 10.0. The molecular weight excluding hydrogens is 404 g/mol. The number of carboxylic acids is 1. The van der Waals surface area contributed by atoms with E-state index >= 15 is 0 Å². The predicted molar refractivity (Wildman–Crippen MR) is 87.9 cm³/mol. The molecular formula is C14H10Br2N2O3. The Morgan fingerprint density at radius 3 is 2.24 bits per heavy atom. The van der Waals surface area contributed by atoms with Crippen molar-refractivity contribution in [3.8, 4) is 0 Å². The summed E-state index contributed by atoms with van der Waals surface area (Å²) in [7, 11) is 0.